The van der Waals surface area contributed by atoms with Crippen LogP contribution in [0.2, 0.25) is 15.1 Å². The number of aryl methyl sites for hydroxylation is 1. The van der Waals surface area contributed by atoms with Crippen molar-refractivity contribution in [2.24, 2.45) is 5.10 Å². The zero-order valence-electron chi connectivity index (χ0n) is 19.5. The number of carbonyl (C=O) groups excluding carboxylic acids is 1. The molecular weight excluding hydrogens is 603 g/mol. The van der Waals surface area contributed by atoms with Gasteiger partial charge in [-0.15, -0.1) is 0 Å². The van der Waals surface area contributed by atoms with Crippen molar-refractivity contribution >= 4 is 79.4 Å². The van der Waals surface area contributed by atoms with Crippen molar-refractivity contribution in [3.8, 4) is 5.75 Å². The number of hydrogen-bond acceptors (Lipinski definition) is 5. The maximum absolute atomic E-state index is 13.2. The van der Waals surface area contributed by atoms with Crippen LogP contribution in [0.15, 0.2) is 69.0 Å². The largest absolute Gasteiger partial charge is 0.481 e. The first kappa shape index (κ1) is 27.1. The lowest BCUT2D eigenvalue weighted by Gasteiger charge is -2.11. The van der Waals surface area contributed by atoms with Crippen molar-refractivity contribution in [3.05, 3.63) is 95.9 Å². The van der Waals surface area contributed by atoms with Gasteiger partial charge in [-0.05, 0) is 66.6 Å². The van der Waals surface area contributed by atoms with E-state index in [9.17, 15) is 9.59 Å². The van der Waals surface area contributed by atoms with E-state index < -0.39 is 5.91 Å². The third-order valence-electron chi connectivity index (χ3n) is 5.17. The second-order valence-electron chi connectivity index (χ2n) is 7.96. The molecular formula is C26H20BrCl3N4O3. The number of halogens is 4. The number of anilines is 1. The predicted molar refractivity (Wildman–Crippen MR) is 153 cm³/mol. The number of ether oxygens (including phenoxy) is 1. The smallest absolute Gasteiger partial charge is 0.282 e. The Bertz CT molecular complexity index is 1530. The molecule has 0 spiro atoms. The molecule has 4 aromatic rings. The summed E-state index contributed by atoms with van der Waals surface area (Å²) in [6, 6.07) is 15.2. The molecule has 190 valence electrons. The van der Waals surface area contributed by atoms with E-state index in [1.54, 1.807) is 48.5 Å². The Hall–Kier alpha value is -2.91. The SMILES string of the molecule is CCCc1nc2ccc(Br)cc2c(=O)n1N=Cc1cc(Cl)c(OCC(=O)Nc2ccc(Cl)cc2)c(Cl)c1. The monoisotopic (exact) mass is 620 g/mol. The van der Waals surface area contributed by atoms with Gasteiger partial charge in [-0.3, -0.25) is 9.59 Å². The van der Waals surface area contributed by atoms with E-state index in [2.05, 4.69) is 31.3 Å². The molecule has 0 aliphatic heterocycles. The maximum atomic E-state index is 13.2. The van der Waals surface area contributed by atoms with Gasteiger partial charge in [0, 0.05) is 21.6 Å². The molecule has 0 saturated carbocycles. The quantitative estimate of drug-likeness (QED) is 0.215. The maximum Gasteiger partial charge on any atom is 0.282 e. The van der Waals surface area contributed by atoms with E-state index in [0.717, 1.165) is 10.9 Å². The van der Waals surface area contributed by atoms with Crippen LogP contribution in [-0.2, 0) is 11.2 Å². The highest BCUT2D eigenvalue weighted by Gasteiger charge is 2.13. The van der Waals surface area contributed by atoms with Crippen molar-refractivity contribution in [2.45, 2.75) is 19.8 Å². The number of aromatic nitrogens is 2. The summed E-state index contributed by atoms with van der Waals surface area (Å²) in [6.07, 6.45) is 2.84. The van der Waals surface area contributed by atoms with Crippen molar-refractivity contribution in [1.29, 1.82) is 0 Å². The molecule has 0 aliphatic rings. The Morgan fingerprint density at radius 3 is 2.49 bits per heavy atom. The highest BCUT2D eigenvalue weighted by atomic mass is 79.9. The summed E-state index contributed by atoms with van der Waals surface area (Å²) in [5.74, 6) is 0.314. The number of amides is 1. The molecule has 0 unspecified atom stereocenters. The first-order chi connectivity index (χ1) is 17.7. The van der Waals surface area contributed by atoms with Crippen molar-refractivity contribution < 1.29 is 9.53 Å². The van der Waals surface area contributed by atoms with Crippen LogP contribution in [0.1, 0.15) is 24.7 Å². The van der Waals surface area contributed by atoms with Crippen LogP contribution in [0.4, 0.5) is 5.69 Å². The molecule has 11 heteroatoms. The molecule has 3 aromatic carbocycles. The van der Waals surface area contributed by atoms with Crippen LogP contribution in [0.3, 0.4) is 0 Å². The number of fused-ring (bicyclic) bond motifs is 1. The normalized spacial score (nSPS) is 11.3. The summed E-state index contributed by atoms with van der Waals surface area (Å²) < 4.78 is 7.61. The summed E-state index contributed by atoms with van der Waals surface area (Å²) in [5, 5.41) is 8.47. The van der Waals surface area contributed by atoms with E-state index in [1.165, 1.54) is 10.9 Å². The molecule has 1 aromatic heterocycles. The average Bonchev–Trinajstić information content (AvgIpc) is 2.85. The molecule has 0 radical (unpaired) electrons. The number of hydrogen-bond donors (Lipinski definition) is 1. The third-order valence-corrected chi connectivity index (χ3v) is 6.47. The Labute approximate surface area is 236 Å². The van der Waals surface area contributed by atoms with Gasteiger partial charge in [0.25, 0.3) is 11.5 Å². The highest BCUT2D eigenvalue weighted by Crippen LogP contribution is 2.34. The van der Waals surface area contributed by atoms with Gasteiger partial charge in [-0.1, -0.05) is 57.7 Å². The lowest BCUT2D eigenvalue weighted by atomic mass is 10.2. The second-order valence-corrected chi connectivity index (χ2v) is 10.1. The molecule has 0 aliphatic carbocycles. The molecule has 1 heterocycles. The van der Waals surface area contributed by atoms with Gasteiger partial charge < -0.3 is 10.1 Å². The van der Waals surface area contributed by atoms with Gasteiger partial charge in [0.05, 0.1) is 27.2 Å². The Balaban J connectivity index is 1.54. The van der Waals surface area contributed by atoms with Gasteiger partial charge in [0.1, 0.15) is 5.82 Å². The molecule has 0 fully saturated rings. The minimum Gasteiger partial charge on any atom is -0.481 e. The molecule has 7 nitrogen and oxygen atoms in total. The van der Waals surface area contributed by atoms with Crippen LogP contribution < -0.4 is 15.6 Å². The van der Waals surface area contributed by atoms with Crippen molar-refractivity contribution in [1.82, 2.24) is 9.66 Å². The number of nitrogens with one attached hydrogen (secondary N) is 1. The minimum absolute atomic E-state index is 0.160. The van der Waals surface area contributed by atoms with Crippen LogP contribution in [0, 0.1) is 0 Å². The van der Waals surface area contributed by atoms with Gasteiger partial charge in [-0.2, -0.15) is 9.78 Å². The highest BCUT2D eigenvalue weighted by molar-refractivity contribution is 9.10. The van der Waals surface area contributed by atoms with Crippen LogP contribution in [0.25, 0.3) is 10.9 Å². The van der Waals surface area contributed by atoms with Crippen LogP contribution in [-0.4, -0.2) is 28.4 Å². The zero-order chi connectivity index (χ0) is 26.5. The first-order valence-electron chi connectivity index (χ1n) is 11.2. The fourth-order valence-electron chi connectivity index (χ4n) is 3.48. The minimum atomic E-state index is -0.390. The molecule has 1 amide bonds. The standard InChI is InChI=1S/C26H20BrCl3N4O3/c1-2-3-23-33-22-9-4-16(27)12-19(22)26(36)34(23)31-13-15-10-20(29)25(21(30)11-15)37-14-24(35)32-18-7-5-17(28)6-8-18/h4-13H,2-3,14H2,1H3,(H,32,35). The zero-order valence-corrected chi connectivity index (χ0v) is 23.3. The summed E-state index contributed by atoms with van der Waals surface area (Å²) in [6.45, 7) is 1.70. The Morgan fingerprint density at radius 2 is 1.81 bits per heavy atom. The first-order valence-corrected chi connectivity index (χ1v) is 13.1. The second kappa shape index (κ2) is 12.1. The number of benzene rings is 3. The molecule has 0 bridgehead atoms. The number of nitrogens with zero attached hydrogens (tertiary/aromatic N) is 3. The lowest BCUT2D eigenvalue weighted by Crippen LogP contribution is -2.22. The predicted octanol–water partition coefficient (Wildman–Crippen LogP) is 6.97. The Kier molecular flexibility index (Phi) is 8.87. The van der Waals surface area contributed by atoms with Crippen molar-refractivity contribution in [2.75, 3.05) is 11.9 Å². The van der Waals surface area contributed by atoms with Crippen molar-refractivity contribution in [3.63, 3.8) is 0 Å². The van der Waals surface area contributed by atoms with E-state index in [1.807, 2.05) is 13.0 Å². The number of carbonyl (C=O) groups is 1. The van der Waals surface area contributed by atoms with Gasteiger partial charge in [-0.25, -0.2) is 4.98 Å². The fourth-order valence-corrected chi connectivity index (χ4v) is 4.58. The van der Waals surface area contributed by atoms with Crippen LogP contribution >= 0.6 is 50.7 Å². The summed E-state index contributed by atoms with van der Waals surface area (Å²) in [4.78, 5) is 30.0. The number of rotatable bonds is 8. The molecule has 4 rings (SSSR count). The lowest BCUT2D eigenvalue weighted by molar-refractivity contribution is -0.118. The summed E-state index contributed by atoms with van der Waals surface area (Å²) >= 11 is 22.0. The van der Waals surface area contributed by atoms with E-state index in [0.29, 0.717) is 39.4 Å². The molecule has 0 atom stereocenters. The van der Waals surface area contributed by atoms with Crippen LogP contribution in [0.5, 0.6) is 5.75 Å². The summed E-state index contributed by atoms with van der Waals surface area (Å²) in [5.41, 5.74) is 1.44. The Morgan fingerprint density at radius 1 is 1.11 bits per heavy atom. The van der Waals surface area contributed by atoms with E-state index in [-0.39, 0.29) is 28.0 Å². The fraction of sp³-hybridized carbons (Fsp3) is 0.154. The molecule has 0 saturated heterocycles. The average molecular weight is 623 g/mol. The molecule has 37 heavy (non-hydrogen) atoms. The third kappa shape index (κ3) is 6.70. The summed E-state index contributed by atoms with van der Waals surface area (Å²) in [7, 11) is 0. The van der Waals surface area contributed by atoms with Gasteiger partial charge in [0.15, 0.2) is 12.4 Å². The molecule has 1 N–H and O–H groups in total. The van der Waals surface area contributed by atoms with Gasteiger partial charge >= 0.3 is 0 Å². The van der Waals surface area contributed by atoms with E-state index >= 15 is 0 Å². The topological polar surface area (TPSA) is 85.6 Å². The van der Waals surface area contributed by atoms with Gasteiger partial charge in [0.2, 0.25) is 0 Å². The van der Waals surface area contributed by atoms with E-state index in [4.69, 9.17) is 39.5 Å².